The predicted octanol–water partition coefficient (Wildman–Crippen LogP) is 3.76. The molecule has 0 fully saturated rings. The average Bonchev–Trinajstić information content (AvgIpc) is 2.71. The van der Waals surface area contributed by atoms with Crippen LogP contribution in [-0.4, -0.2) is 35.9 Å². The maximum absolute atomic E-state index is 14.2. The quantitative estimate of drug-likeness (QED) is 0.697. The number of hydrogen-bond donors (Lipinski definition) is 1. The first-order valence-electron chi connectivity index (χ1n) is 9.84. The Morgan fingerprint density at radius 1 is 1.17 bits per heavy atom. The van der Waals surface area contributed by atoms with Crippen molar-refractivity contribution in [2.24, 2.45) is 0 Å². The van der Waals surface area contributed by atoms with Gasteiger partial charge in [0, 0.05) is 18.7 Å². The van der Waals surface area contributed by atoms with Crippen molar-refractivity contribution >= 4 is 11.8 Å². The lowest BCUT2D eigenvalue weighted by Gasteiger charge is -2.29. The van der Waals surface area contributed by atoms with Gasteiger partial charge < -0.3 is 15.0 Å². The number of carbonyl (C=O) groups is 2. The average molecular weight is 400 g/mol. The van der Waals surface area contributed by atoms with E-state index in [9.17, 15) is 14.0 Å². The molecule has 0 unspecified atom stereocenters. The molecule has 0 saturated heterocycles. The number of ether oxygens (including phenoxy) is 1. The molecule has 2 rings (SSSR count). The molecule has 156 valence electrons. The zero-order chi connectivity index (χ0) is 21.4. The molecule has 1 atom stereocenters. The fraction of sp³-hybridized carbons (Fsp3) is 0.391. The Balaban J connectivity index is 2.18. The maximum atomic E-state index is 14.2. The van der Waals surface area contributed by atoms with E-state index in [-0.39, 0.29) is 25.0 Å². The van der Waals surface area contributed by atoms with E-state index in [4.69, 9.17) is 4.74 Å². The minimum absolute atomic E-state index is 0.0115. The van der Waals surface area contributed by atoms with Gasteiger partial charge in [0.2, 0.25) is 5.91 Å². The highest BCUT2D eigenvalue weighted by atomic mass is 19.1. The van der Waals surface area contributed by atoms with E-state index in [1.165, 1.54) is 11.0 Å². The van der Waals surface area contributed by atoms with Gasteiger partial charge in [-0.25, -0.2) is 4.39 Å². The molecular formula is C23H29FN2O3. The van der Waals surface area contributed by atoms with Crippen LogP contribution in [-0.2, 0) is 16.1 Å². The molecule has 0 aliphatic rings. The summed E-state index contributed by atoms with van der Waals surface area (Å²) in [5.41, 5.74) is 2.29. The van der Waals surface area contributed by atoms with Crippen LogP contribution in [0.5, 0.6) is 5.75 Å². The Labute approximate surface area is 171 Å². The minimum Gasteiger partial charge on any atom is -0.483 e. The van der Waals surface area contributed by atoms with Crippen molar-refractivity contribution in [1.29, 1.82) is 0 Å². The van der Waals surface area contributed by atoms with E-state index < -0.39 is 11.9 Å². The van der Waals surface area contributed by atoms with Gasteiger partial charge in [0.15, 0.2) is 6.61 Å². The zero-order valence-electron chi connectivity index (χ0n) is 17.5. The SMILES string of the molecule is CCCNC(=O)[C@@H](C)N(Cc1ccccc1F)C(=O)COc1cc(C)ccc1C. The summed E-state index contributed by atoms with van der Waals surface area (Å²) in [5.74, 6) is -0.453. The lowest BCUT2D eigenvalue weighted by Crippen LogP contribution is -2.49. The fourth-order valence-electron chi connectivity index (χ4n) is 2.87. The van der Waals surface area contributed by atoms with Gasteiger partial charge in [0.1, 0.15) is 17.6 Å². The van der Waals surface area contributed by atoms with Gasteiger partial charge in [-0.1, -0.05) is 37.3 Å². The summed E-state index contributed by atoms with van der Waals surface area (Å²) >= 11 is 0. The molecule has 2 amide bonds. The zero-order valence-corrected chi connectivity index (χ0v) is 17.5. The Kier molecular flexibility index (Phi) is 8.19. The number of carbonyl (C=O) groups excluding carboxylic acids is 2. The molecule has 0 aliphatic carbocycles. The van der Waals surface area contributed by atoms with Gasteiger partial charge >= 0.3 is 0 Å². The Morgan fingerprint density at radius 3 is 2.59 bits per heavy atom. The number of nitrogens with one attached hydrogen (secondary N) is 1. The second-order valence-corrected chi connectivity index (χ2v) is 7.14. The van der Waals surface area contributed by atoms with Crippen molar-refractivity contribution in [2.45, 2.75) is 46.7 Å². The van der Waals surface area contributed by atoms with Crippen LogP contribution < -0.4 is 10.1 Å². The number of aryl methyl sites for hydroxylation is 2. The lowest BCUT2D eigenvalue weighted by molar-refractivity contribution is -0.142. The van der Waals surface area contributed by atoms with Crippen LogP contribution in [0.25, 0.3) is 0 Å². The predicted molar refractivity (Wildman–Crippen MR) is 111 cm³/mol. The van der Waals surface area contributed by atoms with E-state index in [1.807, 2.05) is 39.0 Å². The van der Waals surface area contributed by atoms with Crippen LogP contribution >= 0.6 is 0 Å². The number of benzene rings is 2. The Morgan fingerprint density at radius 2 is 1.90 bits per heavy atom. The van der Waals surface area contributed by atoms with Crippen LogP contribution in [0.4, 0.5) is 4.39 Å². The molecule has 2 aromatic carbocycles. The molecule has 0 heterocycles. The topological polar surface area (TPSA) is 58.6 Å². The van der Waals surface area contributed by atoms with Crippen LogP contribution in [0.3, 0.4) is 0 Å². The molecule has 6 heteroatoms. The Bertz CT molecular complexity index is 854. The number of nitrogens with zero attached hydrogens (tertiary/aromatic N) is 1. The molecule has 2 aromatic rings. The summed E-state index contributed by atoms with van der Waals surface area (Å²) in [6.45, 7) is 7.71. The van der Waals surface area contributed by atoms with Crippen molar-refractivity contribution in [1.82, 2.24) is 10.2 Å². The monoisotopic (exact) mass is 400 g/mol. The van der Waals surface area contributed by atoms with Crippen molar-refractivity contribution < 1.29 is 18.7 Å². The van der Waals surface area contributed by atoms with Crippen LogP contribution in [0, 0.1) is 19.7 Å². The molecule has 0 aromatic heterocycles. The third kappa shape index (κ3) is 6.31. The molecule has 0 radical (unpaired) electrons. The number of rotatable bonds is 9. The highest BCUT2D eigenvalue weighted by Crippen LogP contribution is 2.20. The number of halogens is 1. The molecular weight excluding hydrogens is 371 g/mol. The van der Waals surface area contributed by atoms with Crippen LogP contribution in [0.1, 0.15) is 37.0 Å². The van der Waals surface area contributed by atoms with Gasteiger partial charge in [0.05, 0.1) is 0 Å². The van der Waals surface area contributed by atoms with E-state index >= 15 is 0 Å². The summed E-state index contributed by atoms with van der Waals surface area (Å²) in [5, 5.41) is 2.79. The number of hydrogen-bond acceptors (Lipinski definition) is 3. The first kappa shape index (κ1) is 22.4. The minimum atomic E-state index is -0.754. The molecule has 0 bridgehead atoms. The summed E-state index contributed by atoms with van der Waals surface area (Å²) in [6, 6.07) is 11.2. The standard InChI is InChI=1S/C23H29FN2O3/c1-5-12-25-23(28)18(4)26(14-19-8-6-7-9-20(19)24)22(27)15-29-21-13-16(2)10-11-17(21)3/h6-11,13,18H,5,12,14-15H2,1-4H3,(H,25,28)/t18-/m1/s1. The molecule has 0 spiro atoms. The molecule has 5 nitrogen and oxygen atoms in total. The van der Waals surface area contributed by atoms with E-state index in [2.05, 4.69) is 5.32 Å². The molecule has 29 heavy (non-hydrogen) atoms. The van der Waals surface area contributed by atoms with Crippen molar-refractivity contribution in [3.8, 4) is 5.75 Å². The third-order valence-electron chi connectivity index (χ3n) is 4.71. The van der Waals surface area contributed by atoms with Crippen LogP contribution in [0.15, 0.2) is 42.5 Å². The van der Waals surface area contributed by atoms with Crippen LogP contribution in [0.2, 0.25) is 0 Å². The van der Waals surface area contributed by atoms with Gasteiger partial charge in [-0.05, 0) is 50.5 Å². The van der Waals surface area contributed by atoms with E-state index in [0.717, 1.165) is 17.5 Å². The highest BCUT2D eigenvalue weighted by molar-refractivity contribution is 5.87. The Hall–Kier alpha value is -2.89. The second kappa shape index (κ2) is 10.6. The second-order valence-electron chi connectivity index (χ2n) is 7.14. The van der Waals surface area contributed by atoms with E-state index in [0.29, 0.717) is 17.9 Å². The van der Waals surface area contributed by atoms with Gasteiger partial charge in [-0.15, -0.1) is 0 Å². The highest BCUT2D eigenvalue weighted by Gasteiger charge is 2.27. The summed E-state index contributed by atoms with van der Waals surface area (Å²) < 4.78 is 19.9. The van der Waals surface area contributed by atoms with Gasteiger partial charge in [-0.2, -0.15) is 0 Å². The molecule has 0 saturated carbocycles. The van der Waals surface area contributed by atoms with E-state index in [1.54, 1.807) is 25.1 Å². The van der Waals surface area contributed by atoms with Crippen molar-refractivity contribution in [3.05, 3.63) is 65.0 Å². The normalized spacial score (nSPS) is 11.6. The first-order chi connectivity index (χ1) is 13.8. The molecule has 1 N–H and O–H groups in total. The largest absolute Gasteiger partial charge is 0.483 e. The van der Waals surface area contributed by atoms with Gasteiger partial charge in [-0.3, -0.25) is 9.59 Å². The number of amides is 2. The lowest BCUT2D eigenvalue weighted by atomic mass is 10.1. The summed E-state index contributed by atoms with van der Waals surface area (Å²) in [4.78, 5) is 26.8. The summed E-state index contributed by atoms with van der Waals surface area (Å²) in [6.07, 6.45) is 0.787. The van der Waals surface area contributed by atoms with Crippen molar-refractivity contribution in [2.75, 3.05) is 13.2 Å². The molecule has 0 aliphatic heterocycles. The fourth-order valence-corrected chi connectivity index (χ4v) is 2.87. The maximum Gasteiger partial charge on any atom is 0.261 e. The smallest absolute Gasteiger partial charge is 0.261 e. The van der Waals surface area contributed by atoms with Crippen molar-refractivity contribution in [3.63, 3.8) is 0 Å². The van der Waals surface area contributed by atoms with Gasteiger partial charge in [0.25, 0.3) is 5.91 Å². The third-order valence-corrected chi connectivity index (χ3v) is 4.71. The summed E-state index contributed by atoms with van der Waals surface area (Å²) in [7, 11) is 0. The first-order valence-corrected chi connectivity index (χ1v) is 9.84.